The summed E-state index contributed by atoms with van der Waals surface area (Å²) in [7, 11) is 0. The molecule has 0 amide bonds. The summed E-state index contributed by atoms with van der Waals surface area (Å²) in [6.07, 6.45) is 1.10. The summed E-state index contributed by atoms with van der Waals surface area (Å²) in [4.78, 5) is 11.3. The van der Waals surface area contributed by atoms with Gasteiger partial charge in [0.15, 0.2) is 0 Å². The third-order valence-corrected chi connectivity index (χ3v) is 3.07. The number of benzene rings is 1. The minimum Gasteiger partial charge on any atom is -0.477 e. The molecule has 1 heterocycles. The number of carboxylic acids is 1. The quantitative estimate of drug-likeness (QED) is 0.824. The van der Waals surface area contributed by atoms with E-state index in [-0.39, 0.29) is 0 Å². The van der Waals surface area contributed by atoms with Crippen LogP contribution in [-0.4, -0.2) is 27.8 Å². The van der Waals surface area contributed by atoms with Crippen LogP contribution in [0.2, 0.25) is 0 Å². The van der Waals surface area contributed by atoms with E-state index in [0.29, 0.717) is 25.1 Å². The zero-order chi connectivity index (χ0) is 11.6. The van der Waals surface area contributed by atoms with Crippen molar-refractivity contribution in [2.75, 3.05) is 6.54 Å². The maximum atomic E-state index is 11.3. The summed E-state index contributed by atoms with van der Waals surface area (Å²) in [5.41, 5.74) is -1.43. The van der Waals surface area contributed by atoms with Crippen molar-refractivity contribution in [3.63, 3.8) is 0 Å². The molecule has 0 radical (unpaired) electrons. The highest BCUT2D eigenvalue weighted by Gasteiger charge is 2.50. The summed E-state index contributed by atoms with van der Waals surface area (Å²) in [5.74, 6) is -0.540. The number of halogens is 1. The second-order valence-corrected chi connectivity index (χ2v) is 4.10. The number of ether oxygens (including phenoxy) is 1. The van der Waals surface area contributed by atoms with E-state index >= 15 is 0 Å². The highest BCUT2D eigenvalue weighted by Crippen LogP contribution is 2.33. The lowest BCUT2D eigenvalue weighted by molar-refractivity contribution is -0.163. The van der Waals surface area contributed by atoms with Gasteiger partial charge in [-0.15, -0.1) is 0 Å². The minimum absolute atomic E-state index is 0.390. The van der Waals surface area contributed by atoms with Gasteiger partial charge < -0.3 is 9.84 Å². The summed E-state index contributed by atoms with van der Waals surface area (Å²) in [6.45, 7) is 0.515. The minimum atomic E-state index is -1.43. The molecule has 86 valence electrons. The number of nitrogens with zero attached hydrogens (tertiary/aromatic N) is 1. The fourth-order valence-electron chi connectivity index (χ4n) is 1.80. The molecule has 5 heteroatoms. The van der Waals surface area contributed by atoms with Crippen LogP contribution in [0.4, 0.5) is 0 Å². The van der Waals surface area contributed by atoms with Crippen LogP contribution in [0.5, 0.6) is 5.75 Å². The molecule has 0 saturated carbocycles. The van der Waals surface area contributed by atoms with Gasteiger partial charge >= 0.3 is 5.97 Å². The fraction of sp³-hybridized carbons (Fsp3) is 0.364. The molecule has 1 atom stereocenters. The summed E-state index contributed by atoms with van der Waals surface area (Å²) < 4.78 is 6.76. The van der Waals surface area contributed by atoms with Crippen LogP contribution in [0.3, 0.4) is 0 Å². The van der Waals surface area contributed by atoms with Crippen molar-refractivity contribution in [2.45, 2.75) is 18.6 Å². The van der Waals surface area contributed by atoms with Gasteiger partial charge in [0.25, 0.3) is 5.72 Å². The second-order valence-electron chi connectivity index (χ2n) is 3.69. The van der Waals surface area contributed by atoms with Gasteiger partial charge in [0.2, 0.25) is 0 Å². The van der Waals surface area contributed by atoms with Crippen LogP contribution >= 0.6 is 11.8 Å². The van der Waals surface area contributed by atoms with E-state index < -0.39 is 11.7 Å². The van der Waals surface area contributed by atoms with E-state index in [0.717, 1.165) is 0 Å². The summed E-state index contributed by atoms with van der Waals surface area (Å²) >= 11 is 5.91. The topological polar surface area (TPSA) is 49.8 Å². The van der Waals surface area contributed by atoms with Gasteiger partial charge in [-0.1, -0.05) is 18.2 Å². The lowest BCUT2D eigenvalue weighted by atomic mass is 10.1. The molecule has 16 heavy (non-hydrogen) atoms. The molecule has 1 fully saturated rings. The van der Waals surface area contributed by atoms with Crippen LogP contribution in [-0.2, 0) is 4.79 Å². The average molecular weight is 242 g/mol. The summed E-state index contributed by atoms with van der Waals surface area (Å²) in [6, 6.07) is 8.85. The number of para-hydroxylation sites is 1. The Morgan fingerprint density at radius 1 is 1.44 bits per heavy atom. The van der Waals surface area contributed by atoms with Crippen molar-refractivity contribution < 1.29 is 14.6 Å². The van der Waals surface area contributed by atoms with E-state index in [4.69, 9.17) is 16.5 Å². The van der Waals surface area contributed by atoms with Crippen LogP contribution in [0.1, 0.15) is 12.8 Å². The second kappa shape index (κ2) is 4.31. The van der Waals surface area contributed by atoms with Crippen molar-refractivity contribution in [1.82, 2.24) is 4.42 Å². The third kappa shape index (κ3) is 1.86. The first-order chi connectivity index (χ1) is 7.65. The highest BCUT2D eigenvalue weighted by atomic mass is 35.5. The summed E-state index contributed by atoms with van der Waals surface area (Å²) in [5, 5.41) is 9.24. The average Bonchev–Trinajstić information content (AvgIpc) is 2.63. The van der Waals surface area contributed by atoms with E-state index in [1.165, 1.54) is 4.42 Å². The van der Waals surface area contributed by atoms with Crippen molar-refractivity contribution in [1.29, 1.82) is 0 Å². The number of carbonyl (C=O) groups is 1. The van der Waals surface area contributed by atoms with Gasteiger partial charge in [-0.05, 0) is 30.3 Å². The molecule has 1 saturated heterocycles. The molecule has 0 bridgehead atoms. The van der Waals surface area contributed by atoms with Gasteiger partial charge in [0.1, 0.15) is 5.75 Å². The first-order valence-electron chi connectivity index (χ1n) is 5.06. The third-order valence-electron chi connectivity index (χ3n) is 2.63. The molecule has 0 aromatic heterocycles. The molecule has 4 nitrogen and oxygen atoms in total. The Balaban J connectivity index is 2.25. The number of carboxylic acid groups (broad SMARTS) is 1. The van der Waals surface area contributed by atoms with Crippen molar-refractivity contribution in [3.05, 3.63) is 30.3 Å². The molecule has 0 aliphatic carbocycles. The Labute approximate surface area is 98.5 Å². The largest absolute Gasteiger partial charge is 0.477 e. The Morgan fingerprint density at radius 2 is 2.12 bits per heavy atom. The normalized spacial score (nSPS) is 25.6. The van der Waals surface area contributed by atoms with E-state index in [2.05, 4.69) is 0 Å². The Kier molecular flexibility index (Phi) is 3.03. The molecule has 1 N–H and O–H groups in total. The van der Waals surface area contributed by atoms with Crippen molar-refractivity contribution in [2.24, 2.45) is 0 Å². The van der Waals surface area contributed by atoms with Gasteiger partial charge in [0.05, 0.1) is 0 Å². The molecular formula is C11H12ClNO3. The van der Waals surface area contributed by atoms with Gasteiger partial charge in [-0.2, -0.15) is 4.42 Å². The standard InChI is InChI=1S/C11H12ClNO3/c12-13-8-4-7-11(13,10(14)15)16-9-5-2-1-3-6-9/h1-3,5-6H,4,7-8H2,(H,14,15)/t11-/m1/s1. The van der Waals surface area contributed by atoms with Crippen LogP contribution < -0.4 is 4.74 Å². The van der Waals surface area contributed by atoms with Crippen LogP contribution in [0, 0.1) is 0 Å². The van der Waals surface area contributed by atoms with E-state index in [9.17, 15) is 9.90 Å². The molecule has 1 aliphatic heterocycles. The molecular weight excluding hydrogens is 230 g/mol. The van der Waals surface area contributed by atoms with Crippen LogP contribution in [0.15, 0.2) is 30.3 Å². The number of aliphatic carboxylic acids is 1. The van der Waals surface area contributed by atoms with Gasteiger partial charge in [-0.25, -0.2) is 4.79 Å². The monoisotopic (exact) mass is 241 g/mol. The first kappa shape index (κ1) is 11.2. The van der Waals surface area contributed by atoms with Crippen molar-refractivity contribution >= 4 is 17.7 Å². The Hall–Kier alpha value is -1.26. The zero-order valence-corrected chi connectivity index (χ0v) is 9.35. The zero-order valence-electron chi connectivity index (χ0n) is 8.60. The highest BCUT2D eigenvalue weighted by molar-refractivity contribution is 6.15. The maximum Gasteiger partial charge on any atom is 0.365 e. The molecule has 1 aromatic carbocycles. The smallest absolute Gasteiger partial charge is 0.365 e. The lowest BCUT2D eigenvalue weighted by Crippen LogP contribution is -2.51. The van der Waals surface area contributed by atoms with Gasteiger partial charge in [-0.3, -0.25) is 0 Å². The molecule has 2 rings (SSSR count). The molecule has 0 unspecified atom stereocenters. The van der Waals surface area contributed by atoms with E-state index in [1.54, 1.807) is 24.3 Å². The van der Waals surface area contributed by atoms with E-state index in [1.807, 2.05) is 6.07 Å². The Bertz CT molecular complexity index is 384. The molecule has 1 aliphatic rings. The first-order valence-corrected chi connectivity index (χ1v) is 5.40. The van der Waals surface area contributed by atoms with Crippen LogP contribution in [0.25, 0.3) is 0 Å². The van der Waals surface area contributed by atoms with Crippen molar-refractivity contribution in [3.8, 4) is 5.75 Å². The number of rotatable bonds is 3. The Morgan fingerprint density at radius 3 is 2.62 bits per heavy atom. The SMILES string of the molecule is O=C(O)[C@]1(Oc2ccccc2)CCCN1Cl. The number of hydrogen-bond acceptors (Lipinski definition) is 3. The number of hydrogen-bond donors (Lipinski definition) is 1. The molecule has 0 spiro atoms. The molecule has 1 aromatic rings. The maximum absolute atomic E-state index is 11.3. The predicted molar refractivity (Wildman–Crippen MR) is 59.2 cm³/mol. The predicted octanol–water partition coefficient (Wildman–Crippen LogP) is 2.10. The van der Waals surface area contributed by atoms with Gasteiger partial charge in [0, 0.05) is 13.0 Å². The fourth-order valence-corrected chi connectivity index (χ4v) is 2.11. The lowest BCUT2D eigenvalue weighted by Gasteiger charge is -2.30.